The Morgan fingerprint density at radius 2 is 1.59 bits per heavy atom. The topological polar surface area (TPSA) is 73.9 Å². The molecular weight excluding hydrogens is 394 g/mol. The van der Waals surface area contributed by atoms with Gasteiger partial charge in [0, 0.05) is 10.4 Å². The number of benzene rings is 3. The third kappa shape index (κ3) is 4.43. The first-order chi connectivity index (χ1) is 13.9. The van der Waals surface area contributed by atoms with Crippen molar-refractivity contribution < 1.29 is 23.8 Å². The van der Waals surface area contributed by atoms with E-state index in [-0.39, 0.29) is 0 Å². The van der Waals surface area contributed by atoms with Crippen molar-refractivity contribution in [1.82, 2.24) is 0 Å². The van der Waals surface area contributed by atoms with Crippen LogP contribution in [0.25, 0.3) is 10.8 Å². The summed E-state index contributed by atoms with van der Waals surface area (Å²) in [5.41, 5.74) is 0.740. The highest BCUT2D eigenvalue weighted by molar-refractivity contribution is 6.31. The van der Waals surface area contributed by atoms with Gasteiger partial charge in [0.2, 0.25) is 0 Å². The van der Waals surface area contributed by atoms with Gasteiger partial charge in [-0.25, -0.2) is 4.79 Å². The predicted molar refractivity (Wildman–Crippen MR) is 112 cm³/mol. The molecule has 1 amide bonds. The first-order valence-corrected chi connectivity index (χ1v) is 9.23. The molecule has 0 aliphatic rings. The number of fused-ring (bicyclic) bond motifs is 1. The molecule has 0 spiro atoms. The highest BCUT2D eigenvalue weighted by atomic mass is 35.5. The number of carbonyl (C=O) groups excluding carboxylic acids is 2. The number of carbonyl (C=O) groups is 2. The van der Waals surface area contributed by atoms with E-state index in [2.05, 4.69) is 5.32 Å². The van der Waals surface area contributed by atoms with Gasteiger partial charge in [0.1, 0.15) is 11.5 Å². The lowest BCUT2D eigenvalue weighted by Gasteiger charge is -2.16. The maximum Gasteiger partial charge on any atom is 0.339 e. The van der Waals surface area contributed by atoms with Crippen LogP contribution in [0.15, 0.2) is 54.6 Å². The highest BCUT2D eigenvalue weighted by Gasteiger charge is 2.22. The van der Waals surface area contributed by atoms with Crippen LogP contribution in [0.5, 0.6) is 11.5 Å². The largest absolute Gasteiger partial charge is 0.496 e. The number of hydrogen-bond acceptors (Lipinski definition) is 5. The van der Waals surface area contributed by atoms with E-state index in [0.29, 0.717) is 33.2 Å². The number of anilines is 1. The van der Waals surface area contributed by atoms with Gasteiger partial charge in [-0.2, -0.15) is 0 Å². The number of methoxy groups -OCH3 is 2. The van der Waals surface area contributed by atoms with Gasteiger partial charge in [0.15, 0.2) is 6.10 Å². The molecule has 1 atom stereocenters. The van der Waals surface area contributed by atoms with Crippen LogP contribution in [0.4, 0.5) is 5.69 Å². The summed E-state index contributed by atoms with van der Waals surface area (Å²) in [6.07, 6.45) is -1.04. The van der Waals surface area contributed by atoms with Crippen LogP contribution in [0.2, 0.25) is 5.02 Å². The Bertz CT molecular complexity index is 1070. The zero-order valence-corrected chi connectivity index (χ0v) is 16.9. The molecule has 3 aromatic carbocycles. The Kier molecular flexibility index (Phi) is 6.24. The van der Waals surface area contributed by atoms with Crippen molar-refractivity contribution in [2.75, 3.05) is 19.5 Å². The Labute approximate surface area is 173 Å². The number of rotatable bonds is 6. The molecule has 0 saturated heterocycles. The second kappa shape index (κ2) is 8.84. The average Bonchev–Trinajstić information content (AvgIpc) is 2.72. The predicted octanol–water partition coefficient (Wildman–Crippen LogP) is 4.69. The normalized spacial score (nSPS) is 11.6. The first-order valence-electron chi connectivity index (χ1n) is 8.85. The number of ether oxygens (including phenoxy) is 3. The quantitative estimate of drug-likeness (QED) is 0.593. The molecule has 0 unspecified atom stereocenters. The number of esters is 1. The second-order valence-electron chi connectivity index (χ2n) is 6.24. The minimum atomic E-state index is -1.04. The number of amides is 1. The lowest BCUT2D eigenvalue weighted by molar-refractivity contribution is -0.123. The van der Waals surface area contributed by atoms with Crippen molar-refractivity contribution in [2.24, 2.45) is 0 Å². The van der Waals surface area contributed by atoms with Gasteiger partial charge < -0.3 is 19.5 Å². The maximum atomic E-state index is 12.7. The van der Waals surface area contributed by atoms with E-state index in [4.69, 9.17) is 25.8 Å². The summed E-state index contributed by atoms with van der Waals surface area (Å²) in [6, 6.07) is 15.5. The fraction of sp³-hybridized carbons (Fsp3) is 0.182. The van der Waals surface area contributed by atoms with Gasteiger partial charge in [-0.15, -0.1) is 0 Å². The molecule has 150 valence electrons. The van der Waals surface area contributed by atoms with Crippen LogP contribution in [0.1, 0.15) is 17.3 Å². The Hall–Kier alpha value is -3.25. The third-order valence-corrected chi connectivity index (χ3v) is 4.63. The van der Waals surface area contributed by atoms with Crippen LogP contribution in [-0.4, -0.2) is 32.2 Å². The van der Waals surface area contributed by atoms with Crippen LogP contribution in [0.3, 0.4) is 0 Å². The van der Waals surface area contributed by atoms with Crippen LogP contribution in [0, 0.1) is 0 Å². The van der Waals surface area contributed by atoms with Gasteiger partial charge in [0.25, 0.3) is 5.91 Å². The molecule has 0 aliphatic heterocycles. The van der Waals surface area contributed by atoms with Crippen molar-refractivity contribution >= 4 is 39.9 Å². The lowest BCUT2D eigenvalue weighted by Crippen LogP contribution is -2.30. The van der Waals surface area contributed by atoms with E-state index >= 15 is 0 Å². The molecule has 7 heteroatoms. The average molecular weight is 414 g/mol. The lowest BCUT2D eigenvalue weighted by atomic mass is 10.0. The van der Waals surface area contributed by atoms with Gasteiger partial charge in [0.05, 0.1) is 25.5 Å². The molecule has 0 radical (unpaired) electrons. The molecule has 6 nitrogen and oxygen atoms in total. The van der Waals surface area contributed by atoms with Crippen molar-refractivity contribution in [2.45, 2.75) is 13.0 Å². The summed E-state index contributed by atoms with van der Waals surface area (Å²) >= 11 is 5.98. The first kappa shape index (κ1) is 20.5. The fourth-order valence-corrected chi connectivity index (χ4v) is 3.09. The van der Waals surface area contributed by atoms with E-state index in [1.807, 2.05) is 18.2 Å². The molecule has 0 saturated carbocycles. The van der Waals surface area contributed by atoms with E-state index in [0.717, 1.165) is 5.39 Å². The standard InChI is InChI=1S/C22H20ClNO5/c1-13(21(25)24-18-12-14(23)8-10-20(18)28-3)29-22(26)17-9-11-19(27-2)16-7-5-4-6-15(16)17/h4-13H,1-3H3,(H,24,25)/t13-/m0/s1. The summed E-state index contributed by atoms with van der Waals surface area (Å²) in [6.45, 7) is 1.50. The maximum absolute atomic E-state index is 12.7. The zero-order chi connectivity index (χ0) is 21.0. The molecule has 0 bridgehead atoms. The van der Waals surface area contributed by atoms with E-state index in [1.54, 1.807) is 43.5 Å². The minimum absolute atomic E-state index is 0.349. The van der Waals surface area contributed by atoms with E-state index < -0.39 is 18.0 Å². The summed E-state index contributed by atoms with van der Waals surface area (Å²) in [4.78, 5) is 25.2. The number of halogens is 1. The SMILES string of the molecule is COc1ccc(Cl)cc1NC(=O)[C@H](C)OC(=O)c1ccc(OC)c2ccccc12. The molecule has 0 heterocycles. The summed E-state index contributed by atoms with van der Waals surface area (Å²) in [7, 11) is 3.05. The van der Waals surface area contributed by atoms with Crippen molar-refractivity contribution in [1.29, 1.82) is 0 Å². The Morgan fingerprint density at radius 1 is 0.931 bits per heavy atom. The molecule has 0 aliphatic carbocycles. The van der Waals surface area contributed by atoms with E-state index in [1.165, 1.54) is 14.0 Å². The van der Waals surface area contributed by atoms with Crippen LogP contribution >= 0.6 is 11.6 Å². The molecule has 3 aromatic rings. The summed E-state index contributed by atoms with van der Waals surface area (Å²) in [5, 5.41) is 4.57. The number of nitrogens with one attached hydrogen (secondary N) is 1. The minimum Gasteiger partial charge on any atom is -0.496 e. The molecule has 29 heavy (non-hydrogen) atoms. The molecular formula is C22H20ClNO5. The third-order valence-electron chi connectivity index (χ3n) is 4.40. The van der Waals surface area contributed by atoms with Crippen molar-refractivity contribution in [3.63, 3.8) is 0 Å². The molecule has 0 aromatic heterocycles. The van der Waals surface area contributed by atoms with Crippen LogP contribution < -0.4 is 14.8 Å². The zero-order valence-electron chi connectivity index (χ0n) is 16.2. The smallest absolute Gasteiger partial charge is 0.339 e. The van der Waals surface area contributed by atoms with Crippen LogP contribution in [-0.2, 0) is 9.53 Å². The van der Waals surface area contributed by atoms with Gasteiger partial charge in [-0.3, -0.25) is 4.79 Å². The highest BCUT2D eigenvalue weighted by Crippen LogP contribution is 2.30. The molecule has 3 rings (SSSR count). The van der Waals surface area contributed by atoms with Crippen molar-refractivity contribution in [3.05, 3.63) is 65.2 Å². The monoisotopic (exact) mass is 413 g/mol. The van der Waals surface area contributed by atoms with Gasteiger partial charge in [-0.1, -0.05) is 35.9 Å². The fourth-order valence-electron chi connectivity index (χ4n) is 2.92. The van der Waals surface area contributed by atoms with Gasteiger partial charge in [-0.05, 0) is 42.6 Å². The van der Waals surface area contributed by atoms with Gasteiger partial charge >= 0.3 is 5.97 Å². The van der Waals surface area contributed by atoms with Crippen molar-refractivity contribution in [3.8, 4) is 11.5 Å². The second-order valence-corrected chi connectivity index (χ2v) is 6.68. The number of hydrogen-bond donors (Lipinski definition) is 1. The Balaban J connectivity index is 1.78. The summed E-state index contributed by atoms with van der Waals surface area (Å²) < 4.78 is 15.9. The van der Waals surface area contributed by atoms with E-state index in [9.17, 15) is 9.59 Å². The summed E-state index contributed by atoms with van der Waals surface area (Å²) in [5.74, 6) is -0.0142. The Morgan fingerprint density at radius 3 is 2.28 bits per heavy atom. The molecule has 1 N–H and O–H groups in total. The molecule has 0 fully saturated rings.